The molecule has 0 saturated heterocycles. The molecular formula is C12H17N5. The fourth-order valence-electron chi connectivity index (χ4n) is 1.62. The van der Waals surface area contributed by atoms with Crippen molar-refractivity contribution in [3.63, 3.8) is 0 Å². The second kappa shape index (κ2) is 4.78. The van der Waals surface area contributed by atoms with Crippen molar-refractivity contribution in [1.82, 2.24) is 9.78 Å². The van der Waals surface area contributed by atoms with Crippen LogP contribution in [0.4, 0.5) is 17.1 Å². The van der Waals surface area contributed by atoms with E-state index in [1.807, 2.05) is 31.4 Å². The maximum Gasteiger partial charge on any atom is 0.0642 e. The van der Waals surface area contributed by atoms with Crippen molar-refractivity contribution >= 4 is 17.1 Å². The molecule has 0 aliphatic carbocycles. The Morgan fingerprint density at radius 3 is 2.71 bits per heavy atom. The van der Waals surface area contributed by atoms with Crippen molar-refractivity contribution < 1.29 is 0 Å². The van der Waals surface area contributed by atoms with Crippen molar-refractivity contribution in [2.45, 2.75) is 6.42 Å². The van der Waals surface area contributed by atoms with Crippen LogP contribution in [0, 0.1) is 0 Å². The van der Waals surface area contributed by atoms with Crippen LogP contribution in [0.1, 0.15) is 5.69 Å². The molecular weight excluding hydrogens is 214 g/mol. The van der Waals surface area contributed by atoms with Crippen LogP contribution >= 0.6 is 0 Å². The van der Waals surface area contributed by atoms with Gasteiger partial charge in [0.15, 0.2) is 0 Å². The molecule has 1 aromatic heterocycles. The maximum atomic E-state index is 5.73. The highest BCUT2D eigenvalue weighted by molar-refractivity contribution is 5.69. The smallest absolute Gasteiger partial charge is 0.0642 e. The third kappa shape index (κ3) is 2.90. The normalized spacial score (nSPS) is 10.4. The lowest BCUT2D eigenvalue weighted by Gasteiger charge is -2.07. The zero-order valence-electron chi connectivity index (χ0n) is 9.85. The highest BCUT2D eigenvalue weighted by Crippen LogP contribution is 2.19. The summed E-state index contributed by atoms with van der Waals surface area (Å²) in [6, 6.07) is 7.58. The van der Waals surface area contributed by atoms with Gasteiger partial charge in [-0.3, -0.25) is 4.68 Å². The van der Waals surface area contributed by atoms with Crippen LogP contribution in [0.3, 0.4) is 0 Å². The molecule has 0 aliphatic rings. The van der Waals surface area contributed by atoms with E-state index in [0.717, 1.165) is 24.3 Å². The standard InChI is InChI=1S/C12H17N5/c1-17-7-5-9(16-17)4-6-15-10-2-3-11(13)12(14)8-10/h2-3,5,7-8,15H,4,6,13-14H2,1H3. The molecule has 0 fully saturated rings. The van der Waals surface area contributed by atoms with Crippen LogP contribution in [0.15, 0.2) is 30.5 Å². The molecule has 90 valence electrons. The zero-order valence-corrected chi connectivity index (χ0v) is 9.85. The van der Waals surface area contributed by atoms with Gasteiger partial charge < -0.3 is 16.8 Å². The second-order valence-electron chi connectivity index (χ2n) is 4.00. The summed E-state index contributed by atoms with van der Waals surface area (Å²) in [5.74, 6) is 0. The number of hydrogen-bond donors (Lipinski definition) is 3. The SMILES string of the molecule is Cn1ccc(CCNc2ccc(N)c(N)c2)n1. The Balaban J connectivity index is 1.87. The van der Waals surface area contributed by atoms with Crippen molar-refractivity contribution in [2.24, 2.45) is 7.05 Å². The van der Waals surface area contributed by atoms with Gasteiger partial charge in [0.2, 0.25) is 0 Å². The van der Waals surface area contributed by atoms with E-state index >= 15 is 0 Å². The summed E-state index contributed by atoms with van der Waals surface area (Å²) in [5, 5.41) is 7.59. The molecule has 5 N–H and O–H groups in total. The summed E-state index contributed by atoms with van der Waals surface area (Å²) < 4.78 is 1.80. The van der Waals surface area contributed by atoms with E-state index in [-0.39, 0.29) is 0 Å². The van der Waals surface area contributed by atoms with Gasteiger partial charge in [0.25, 0.3) is 0 Å². The maximum absolute atomic E-state index is 5.73. The van der Waals surface area contributed by atoms with E-state index in [1.165, 1.54) is 0 Å². The minimum absolute atomic E-state index is 0.604. The topological polar surface area (TPSA) is 81.9 Å². The minimum Gasteiger partial charge on any atom is -0.397 e. The predicted octanol–water partition coefficient (Wildman–Crippen LogP) is 1.24. The Morgan fingerprint density at radius 1 is 1.24 bits per heavy atom. The molecule has 2 rings (SSSR count). The number of benzene rings is 1. The fraction of sp³-hybridized carbons (Fsp3) is 0.250. The number of nitrogens with one attached hydrogen (secondary N) is 1. The van der Waals surface area contributed by atoms with Crippen molar-refractivity contribution in [3.05, 3.63) is 36.2 Å². The van der Waals surface area contributed by atoms with Crippen LogP contribution in [0.5, 0.6) is 0 Å². The summed E-state index contributed by atoms with van der Waals surface area (Å²) in [5.41, 5.74) is 14.6. The van der Waals surface area contributed by atoms with Crippen molar-refractivity contribution in [2.75, 3.05) is 23.3 Å². The van der Waals surface area contributed by atoms with Crippen molar-refractivity contribution in [1.29, 1.82) is 0 Å². The number of nitrogens with two attached hydrogens (primary N) is 2. The third-order valence-electron chi connectivity index (χ3n) is 2.57. The van der Waals surface area contributed by atoms with E-state index in [0.29, 0.717) is 11.4 Å². The molecule has 5 heteroatoms. The zero-order chi connectivity index (χ0) is 12.3. The van der Waals surface area contributed by atoms with E-state index in [9.17, 15) is 0 Å². The molecule has 0 saturated carbocycles. The second-order valence-corrected chi connectivity index (χ2v) is 4.00. The molecule has 0 aliphatic heterocycles. The summed E-state index contributed by atoms with van der Waals surface area (Å²) in [6.07, 6.45) is 2.82. The Kier molecular flexibility index (Phi) is 3.18. The fourth-order valence-corrected chi connectivity index (χ4v) is 1.62. The van der Waals surface area contributed by atoms with Gasteiger partial charge in [-0.15, -0.1) is 0 Å². The van der Waals surface area contributed by atoms with E-state index < -0.39 is 0 Å². The average Bonchev–Trinajstić information content (AvgIpc) is 2.70. The largest absolute Gasteiger partial charge is 0.397 e. The van der Waals surface area contributed by atoms with E-state index in [4.69, 9.17) is 11.5 Å². The monoisotopic (exact) mass is 231 g/mol. The predicted molar refractivity (Wildman–Crippen MR) is 70.7 cm³/mol. The first-order valence-electron chi connectivity index (χ1n) is 5.52. The molecule has 0 bridgehead atoms. The van der Waals surface area contributed by atoms with Crippen LogP contribution in [0.25, 0.3) is 0 Å². The number of nitrogens with zero attached hydrogens (tertiary/aromatic N) is 2. The van der Waals surface area contributed by atoms with Gasteiger partial charge >= 0.3 is 0 Å². The van der Waals surface area contributed by atoms with Gasteiger partial charge in [0.05, 0.1) is 17.1 Å². The van der Waals surface area contributed by atoms with Gasteiger partial charge in [-0.25, -0.2) is 0 Å². The summed E-state index contributed by atoms with van der Waals surface area (Å²) >= 11 is 0. The highest BCUT2D eigenvalue weighted by Gasteiger charge is 1.99. The lowest BCUT2D eigenvalue weighted by molar-refractivity contribution is 0.742. The number of anilines is 3. The van der Waals surface area contributed by atoms with Gasteiger partial charge in [0.1, 0.15) is 0 Å². The summed E-state index contributed by atoms with van der Waals surface area (Å²) in [4.78, 5) is 0. The summed E-state index contributed by atoms with van der Waals surface area (Å²) in [6.45, 7) is 0.820. The number of nitrogen functional groups attached to an aromatic ring is 2. The van der Waals surface area contributed by atoms with Crippen LogP contribution in [-0.2, 0) is 13.5 Å². The number of hydrogen-bond acceptors (Lipinski definition) is 4. The van der Waals surface area contributed by atoms with Gasteiger partial charge in [-0.1, -0.05) is 0 Å². The van der Waals surface area contributed by atoms with Gasteiger partial charge in [0, 0.05) is 31.9 Å². The lowest BCUT2D eigenvalue weighted by Crippen LogP contribution is -2.06. The third-order valence-corrected chi connectivity index (χ3v) is 2.57. The minimum atomic E-state index is 0.604. The lowest BCUT2D eigenvalue weighted by atomic mass is 10.2. The highest BCUT2D eigenvalue weighted by atomic mass is 15.2. The van der Waals surface area contributed by atoms with Crippen LogP contribution in [0.2, 0.25) is 0 Å². The molecule has 1 heterocycles. The average molecular weight is 231 g/mol. The van der Waals surface area contributed by atoms with Crippen LogP contribution in [-0.4, -0.2) is 16.3 Å². The van der Waals surface area contributed by atoms with E-state index in [1.54, 1.807) is 10.7 Å². The molecule has 0 unspecified atom stereocenters. The molecule has 17 heavy (non-hydrogen) atoms. The van der Waals surface area contributed by atoms with Gasteiger partial charge in [-0.2, -0.15) is 5.10 Å². The number of rotatable bonds is 4. The molecule has 0 spiro atoms. The quantitative estimate of drug-likeness (QED) is 0.691. The number of aromatic nitrogens is 2. The molecule has 0 amide bonds. The molecule has 5 nitrogen and oxygen atoms in total. The van der Waals surface area contributed by atoms with E-state index in [2.05, 4.69) is 10.4 Å². The molecule has 1 aromatic carbocycles. The molecule has 0 atom stereocenters. The van der Waals surface area contributed by atoms with Crippen LogP contribution < -0.4 is 16.8 Å². The van der Waals surface area contributed by atoms with Crippen molar-refractivity contribution in [3.8, 4) is 0 Å². The van der Waals surface area contributed by atoms with Gasteiger partial charge in [-0.05, 0) is 24.3 Å². The first-order chi connectivity index (χ1) is 8.15. The Labute approximate surface area is 100 Å². The Hall–Kier alpha value is -2.17. The summed E-state index contributed by atoms with van der Waals surface area (Å²) in [7, 11) is 1.91. The Morgan fingerprint density at radius 2 is 2.06 bits per heavy atom. The molecule has 2 aromatic rings. The first-order valence-corrected chi connectivity index (χ1v) is 5.52. The molecule has 0 radical (unpaired) electrons. The first kappa shape index (κ1) is 11.3. The Bertz CT molecular complexity index is 503. The number of aryl methyl sites for hydroxylation is 1.